The van der Waals surface area contributed by atoms with E-state index < -0.39 is 21.2 Å². The van der Waals surface area contributed by atoms with Gasteiger partial charge in [-0.3, -0.25) is 9.59 Å². The summed E-state index contributed by atoms with van der Waals surface area (Å²) in [5, 5.41) is 0. The molecule has 0 spiro atoms. The summed E-state index contributed by atoms with van der Waals surface area (Å²) in [5.41, 5.74) is 2.16. The fourth-order valence-corrected chi connectivity index (χ4v) is 3.26. The van der Waals surface area contributed by atoms with Crippen LogP contribution in [0.2, 0.25) is 0 Å². The zero-order valence-electron chi connectivity index (χ0n) is 11.2. The van der Waals surface area contributed by atoms with Gasteiger partial charge in [0.05, 0.1) is 0 Å². The minimum absolute atomic E-state index is 0.416. The maximum Gasteiger partial charge on any atom is 0.452 e. The molecule has 0 aromatic heterocycles. The van der Waals surface area contributed by atoms with Crippen LogP contribution in [0.15, 0.2) is 36.9 Å². The average molecular weight is 278 g/mol. The van der Waals surface area contributed by atoms with Crippen LogP contribution in [0, 0.1) is 0 Å². The zero-order chi connectivity index (χ0) is 14.3. The standard InChI is InChI=1S/C14H18O4Si/c1-4-5-13-6-8-14(9-7-13)10-19(17-11(2)15)18-12(3)16/h4,6-9,19H,1,5,10H2,2-3H3. The molecule has 1 aromatic carbocycles. The highest BCUT2D eigenvalue weighted by Gasteiger charge is 2.20. The Labute approximate surface area is 114 Å². The number of hydrogen-bond donors (Lipinski definition) is 0. The number of rotatable bonds is 6. The van der Waals surface area contributed by atoms with Crippen LogP contribution in [-0.2, 0) is 30.9 Å². The number of carbonyl (C=O) groups is 2. The van der Waals surface area contributed by atoms with Crippen molar-refractivity contribution >= 4 is 21.2 Å². The van der Waals surface area contributed by atoms with Crippen LogP contribution in [-0.4, -0.2) is 21.2 Å². The van der Waals surface area contributed by atoms with E-state index in [9.17, 15) is 9.59 Å². The Bertz CT molecular complexity index is 437. The first-order valence-electron chi connectivity index (χ1n) is 6.04. The minimum atomic E-state index is -2.33. The zero-order valence-corrected chi connectivity index (χ0v) is 12.4. The second kappa shape index (κ2) is 7.53. The van der Waals surface area contributed by atoms with Gasteiger partial charge in [-0.1, -0.05) is 30.3 Å². The molecule has 4 nitrogen and oxygen atoms in total. The third-order valence-corrected chi connectivity index (χ3v) is 4.39. The lowest BCUT2D eigenvalue weighted by Gasteiger charge is -2.14. The number of carbonyl (C=O) groups excluding carboxylic acids is 2. The van der Waals surface area contributed by atoms with Crippen molar-refractivity contribution in [2.75, 3.05) is 0 Å². The Morgan fingerprint density at radius 3 is 2.00 bits per heavy atom. The van der Waals surface area contributed by atoms with Crippen LogP contribution in [0.5, 0.6) is 0 Å². The molecule has 0 aliphatic rings. The summed E-state index contributed by atoms with van der Waals surface area (Å²) in [6.45, 7) is 6.32. The molecule has 0 unspecified atom stereocenters. The molecule has 0 aliphatic heterocycles. The third kappa shape index (κ3) is 6.01. The molecule has 0 bridgehead atoms. The summed E-state index contributed by atoms with van der Waals surface area (Å²) in [5.74, 6) is -0.831. The molecule has 0 fully saturated rings. The van der Waals surface area contributed by atoms with Crippen LogP contribution >= 0.6 is 0 Å². The predicted molar refractivity (Wildman–Crippen MR) is 74.7 cm³/mol. The molecule has 0 heterocycles. The Balaban J connectivity index is 2.68. The molecule has 0 N–H and O–H groups in total. The summed E-state index contributed by atoms with van der Waals surface area (Å²) in [4.78, 5) is 22.0. The molecule has 0 saturated carbocycles. The highest BCUT2D eigenvalue weighted by atomic mass is 28.3. The van der Waals surface area contributed by atoms with E-state index in [0.717, 1.165) is 17.5 Å². The molecule has 0 amide bonds. The van der Waals surface area contributed by atoms with Gasteiger partial charge in [0.1, 0.15) is 0 Å². The van der Waals surface area contributed by atoms with Crippen LogP contribution in [0.4, 0.5) is 0 Å². The van der Waals surface area contributed by atoms with E-state index in [2.05, 4.69) is 6.58 Å². The summed E-state index contributed by atoms with van der Waals surface area (Å²) in [6.07, 6.45) is 2.65. The third-order valence-electron chi connectivity index (χ3n) is 2.40. The van der Waals surface area contributed by atoms with E-state index in [1.54, 1.807) is 0 Å². The lowest BCUT2D eigenvalue weighted by Crippen LogP contribution is -2.30. The van der Waals surface area contributed by atoms with E-state index in [1.807, 2.05) is 30.3 Å². The van der Waals surface area contributed by atoms with E-state index in [1.165, 1.54) is 13.8 Å². The van der Waals surface area contributed by atoms with Crippen LogP contribution in [0.25, 0.3) is 0 Å². The normalized spacial score (nSPS) is 10.1. The number of benzene rings is 1. The SMILES string of the molecule is C=CCc1ccc(C[SiH](OC(C)=O)OC(C)=O)cc1. The van der Waals surface area contributed by atoms with Gasteiger partial charge in [0.2, 0.25) is 0 Å². The van der Waals surface area contributed by atoms with Gasteiger partial charge in [-0.05, 0) is 17.5 Å². The lowest BCUT2D eigenvalue weighted by molar-refractivity contribution is -0.137. The van der Waals surface area contributed by atoms with E-state index in [-0.39, 0.29) is 0 Å². The summed E-state index contributed by atoms with van der Waals surface area (Å²) in [6, 6.07) is 8.36. The van der Waals surface area contributed by atoms with Gasteiger partial charge < -0.3 is 8.85 Å². The van der Waals surface area contributed by atoms with Crippen LogP contribution < -0.4 is 0 Å². The van der Waals surface area contributed by atoms with Crippen molar-refractivity contribution in [2.24, 2.45) is 0 Å². The molecule has 0 atom stereocenters. The Morgan fingerprint density at radius 1 is 1.11 bits per heavy atom. The summed E-state index contributed by atoms with van der Waals surface area (Å²) in [7, 11) is -2.33. The first-order chi connectivity index (χ1) is 9.01. The summed E-state index contributed by atoms with van der Waals surface area (Å²) >= 11 is 0. The van der Waals surface area contributed by atoms with Crippen molar-refractivity contribution in [3.8, 4) is 0 Å². The minimum Gasteiger partial charge on any atom is -0.487 e. The van der Waals surface area contributed by atoms with Gasteiger partial charge in [-0.25, -0.2) is 0 Å². The Morgan fingerprint density at radius 2 is 1.58 bits per heavy atom. The second-order valence-electron chi connectivity index (χ2n) is 4.16. The van der Waals surface area contributed by atoms with Crippen molar-refractivity contribution in [3.05, 3.63) is 48.0 Å². The highest BCUT2D eigenvalue weighted by Crippen LogP contribution is 2.09. The Kier molecular flexibility index (Phi) is 6.01. The maximum atomic E-state index is 11.0. The molecule has 0 aliphatic carbocycles. The average Bonchev–Trinajstić information content (AvgIpc) is 2.30. The topological polar surface area (TPSA) is 52.6 Å². The van der Waals surface area contributed by atoms with Gasteiger partial charge in [-0.15, -0.1) is 6.58 Å². The molecule has 1 aromatic rings. The lowest BCUT2D eigenvalue weighted by atomic mass is 10.1. The van der Waals surface area contributed by atoms with E-state index in [0.29, 0.717) is 6.04 Å². The van der Waals surface area contributed by atoms with Crippen molar-refractivity contribution in [1.29, 1.82) is 0 Å². The molecule has 0 saturated heterocycles. The predicted octanol–water partition coefficient (Wildman–Crippen LogP) is 1.84. The quantitative estimate of drug-likeness (QED) is 0.588. The number of hydrogen-bond acceptors (Lipinski definition) is 4. The molecule has 0 radical (unpaired) electrons. The van der Waals surface area contributed by atoms with Crippen LogP contribution in [0.1, 0.15) is 25.0 Å². The van der Waals surface area contributed by atoms with Gasteiger partial charge >= 0.3 is 9.28 Å². The van der Waals surface area contributed by atoms with E-state index >= 15 is 0 Å². The molecule has 1 rings (SSSR count). The van der Waals surface area contributed by atoms with Crippen molar-refractivity contribution in [1.82, 2.24) is 0 Å². The van der Waals surface area contributed by atoms with Gasteiger partial charge in [0.15, 0.2) is 0 Å². The number of allylic oxidation sites excluding steroid dienone is 1. The van der Waals surface area contributed by atoms with Crippen LogP contribution in [0.3, 0.4) is 0 Å². The van der Waals surface area contributed by atoms with Gasteiger partial charge in [0.25, 0.3) is 11.9 Å². The van der Waals surface area contributed by atoms with Gasteiger partial charge in [-0.2, -0.15) is 0 Å². The van der Waals surface area contributed by atoms with Gasteiger partial charge in [0, 0.05) is 19.9 Å². The molecule has 102 valence electrons. The first-order valence-corrected chi connectivity index (χ1v) is 7.80. The first kappa shape index (κ1) is 15.2. The highest BCUT2D eigenvalue weighted by molar-refractivity contribution is 6.48. The van der Waals surface area contributed by atoms with E-state index in [4.69, 9.17) is 8.85 Å². The second-order valence-corrected chi connectivity index (χ2v) is 5.90. The molecule has 5 heteroatoms. The molecular weight excluding hydrogens is 260 g/mol. The molecular formula is C14H18O4Si. The Hall–Kier alpha value is -1.88. The summed E-state index contributed by atoms with van der Waals surface area (Å²) < 4.78 is 10.2. The van der Waals surface area contributed by atoms with Crippen molar-refractivity contribution in [2.45, 2.75) is 26.3 Å². The monoisotopic (exact) mass is 278 g/mol. The van der Waals surface area contributed by atoms with Crippen molar-refractivity contribution in [3.63, 3.8) is 0 Å². The largest absolute Gasteiger partial charge is 0.487 e. The molecule has 19 heavy (non-hydrogen) atoms. The smallest absolute Gasteiger partial charge is 0.452 e. The maximum absolute atomic E-state index is 11.0. The fourth-order valence-electron chi connectivity index (χ4n) is 1.65. The fraction of sp³-hybridized carbons (Fsp3) is 0.286. The van der Waals surface area contributed by atoms with Crippen molar-refractivity contribution < 1.29 is 18.4 Å².